The summed E-state index contributed by atoms with van der Waals surface area (Å²) >= 11 is 0. The topological polar surface area (TPSA) is 41.6 Å². The van der Waals surface area contributed by atoms with Crippen molar-refractivity contribution in [2.24, 2.45) is 17.3 Å². The molecule has 1 N–H and O–H groups in total. The van der Waals surface area contributed by atoms with Gasteiger partial charge in [-0.25, -0.2) is 4.39 Å². The summed E-state index contributed by atoms with van der Waals surface area (Å²) in [7, 11) is 0. The van der Waals surface area contributed by atoms with Gasteiger partial charge in [0.2, 0.25) is 5.91 Å². The monoisotopic (exact) mass is 424 g/mol. The molecule has 1 aliphatic carbocycles. The van der Waals surface area contributed by atoms with Crippen molar-refractivity contribution >= 4 is 5.91 Å². The van der Waals surface area contributed by atoms with Crippen LogP contribution in [0.1, 0.15) is 44.2 Å². The van der Waals surface area contributed by atoms with Crippen molar-refractivity contribution in [1.82, 2.24) is 10.2 Å². The molecule has 166 valence electrons. The summed E-state index contributed by atoms with van der Waals surface area (Å²) in [6.45, 7) is 7.98. The first-order chi connectivity index (χ1) is 14.9. The number of hydrogen-bond acceptors (Lipinski definition) is 3. The lowest BCUT2D eigenvalue weighted by Crippen LogP contribution is -2.36. The molecular weight excluding hydrogens is 391 g/mol. The molecule has 4 nitrogen and oxygen atoms in total. The summed E-state index contributed by atoms with van der Waals surface area (Å²) < 4.78 is 19.1. The number of nitrogens with zero attached hydrogens (tertiary/aromatic N) is 1. The number of carbonyl (C=O) groups excluding carboxylic acids is 1. The van der Waals surface area contributed by atoms with Crippen molar-refractivity contribution < 1.29 is 13.9 Å². The predicted octanol–water partition coefficient (Wildman–Crippen LogP) is 4.78. The molecule has 0 aromatic heterocycles. The van der Waals surface area contributed by atoms with Crippen LogP contribution in [0.5, 0.6) is 5.75 Å². The third-order valence-corrected chi connectivity index (χ3v) is 6.57. The average molecular weight is 425 g/mol. The highest BCUT2D eigenvalue weighted by atomic mass is 19.1. The van der Waals surface area contributed by atoms with E-state index in [-0.39, 0.29) is 23.1 Å². The van der Waals surface area contributed by atoms with Gasteiger partial charge in [0.05, 0.1) is 6.61 Å². The average Bonchev–Trinajstić information content (AvgIpc) is 3.46. The first-order valence-corrected chi connectivity index (χ1v) is 11.4. The second-order valence-electron chi connectivity index (χ2n) is 9.54. The summed E-state index contributed by atoms with van der Waals surface area (Å²) in [4.78, 5) is 15.4. The van der Waals surface area contributed by atoms with Gasteiger partial charge in [0.25, 0.3) is 0 Å². The molecule has 0 bridgehead atoms. The van der Waals surface area contributed by atoms with Crippen molar-refractivity contribution in [3.8, 4) is 5.75 Å². The third kappa shape index (κ3) is 5.45. The van der Waals surface area contributed by atoms with Crippen LogP contribution >= 0.6 is 0 Å². The zero-order chi connectivity index (χ0) is 21.8. The van der Waals surface area contributed by atoms with Gasteiger partial charge in [-0.3, -0.25) is 4.79 Å². The highest BCUT2D eigenvalue weighted by Crippen LogP contribution is 2.59. The molecule has 2 fully saturated rings. The molecule has 4 rings (SSSR count). The van der Waals surface area contributed by atoms with Gasteiger partial charge in [-0.05, 0) is 79.1 Å². The molecule has 1 atom stereocenters. The van der Waals surface area contributed by atoms with Crippen LogP contribution in [0, 0.1) is 23.1 Å². The Morgan fingerprint density at radius 1 is 1.06 bits per heavy atom. The van der Waals surface area contributed by atoms with E-state index in [4.69, 9.17) is 4.74 Å². The van der Waals surface area contributed by atoms with E-state index >= 15 is 0 Å². The first-order valence-electron chi connectivity index (χ1n) is 11.4. The Hall–Kier alpha value is -2.40. The Balaban J connectivity index is 1.47. The van der Waals surface area contributed by atoms with Gasteiger partial charge in [0.15, 0.2) is 0 Å². The summed E-state index contributed by atoms with van der Waals surface area (Å²) in [6, 6.07) is 14.5. The molecule has 31 heavy (non-hydrogen) atoms. The number of amides is 1. The van der Waals surface area contributed by atoms with Crippen LogP contribution in [-0.2, 0) is 17.9 Å². The molecule has 1 saturated heterocycles. The zero-order valence-electron chi connectivity index (χ0n) is 18.6. The lowest BCUT2D eigenvalue weighted by atomic mass is 9.91. The third-order valence-electron chi connectivity index (χ3n) is 6.57. The highest BCUT2D eigenvalue weighted by molar-refractivity contribution is 5.82. The van der Waals surface area contributed by atoms with E-state index in [1.54, 1.807) is 12.1 Å². The minimum Gasteiger partial charge on any atom is -0.493 e. The maximum atomic E-state index is 13.5. The number of halogens is 1. The van der Waals surface area contributed by atoms with Crippen molar-refractivity contribution in [2.45, 2.75) is 46.2 Å². The normalized spacial score (nSPS) is 19.4. The van der Waals surface area contributed by atoms with E-state index in [9.17, 15) is 9.18 Å². The summed E-state index contributed by atoms with van der Waals surface area (Å²) in [5.41, 5.74) is 2.22. The second kappa shape index (κ2) is 9.39. The number of hydrogen-bond donors (Lipinski definition) is 1. The van der Waals surface area contributed by atoms with Crippen molar-refractivity contribution in [1.29, 1.82) is 0 Å². The lowest BCUT2D eigenvalue weighted by Gasteiger charge is -2.27. The molecule has 1 unspecified atom stereocenters. The largest absolute Gasteiger partial charge is 0.493 e. The zero-order valence-corrected chi connectivity index (χ0v) is 18.6. The van der Waals surface area contributed by atoms with Gasteiger partial charge in [-0.1, -0.05) is 38.1 Å². The molecule has 2 aromatic carbocycles. The van der Waals surface area contributed by atoms with E-state index in [1.165, 1.54) is 12.1 Å². The van der Waals surface area contributed by atoms with Crippen LogP contribution < -0.4 is 10.1 Å². The SMILES string of the molecule is CC(C)COc1ccc(CN(Cc2ccc(F)cc2)C(=O)C2CC23CCNCC3)cc1. The maximum Gasteiger partial charge on any atom is 0.226 e. The molecule has 1 amide bonds. The molecule has 1 heterocycles. The number of benzene rings is 2. The minimum atomic E-state index is -0.255. The quantitative estimate of drug-likeness (QED) is 0.663. The van der Waals surface area contributed by atoms with Crippen LogP contribution in [0.25, 0.3) is 0 Å². The number of piperidine rings is 1. The fourth-order valence-electron chi connectivity index (χ4n) is 4.59. The fraction of sp³-hybridized carbons (Fsp3) is 0.500. The predicted molar refractivity (Wildman–Crippen MR) is 120 cm³/mol. The number of rotatable bonds is 8. The van der Waals surface area contributed by atoms with Gasteiger partial charge < -0.3 is 15.0 Å². The molecule has 1 saturated carbocycles. The van der Waals surface area contributed by atoms with Gasteiger partial charge in [0, 0.05) is 19.0 Å². The first kappa shape index (κ1) is 21.8. The number of carbonyl (C=O) groups is 1. The molecule has 1 spiro atoms. The molecule has 2 aliphatic rings. The molecule has 0 radical (unpaired) electrons. The van der Waals surface area contributed by atoms with Crippen molar-refractivity contribution in [2.75, 3.05) is 19.7 Å². The Labute approximate surface area is 184 Å². The van der Waals surface area contributed by atoms with Gasteiger partial charge >= 0.3 is 0 Å². The number of nitrogens with one attached hydrogen (secondary N) is 1. The molecule has 2 aromatic rings. The number of ether oxygens (including phenoxy) is 1. The Kier molecular flexibility index (Phi) is 6.61. The standard InChI is InChI=1S/C26H33FN2O2/c1-19(2)18-31-23-9-5-21(6-10-23)17-29(16-20-3-7-22(27)8-4-20)25(30)24-15-26(24)11-13-28-14-12-26/h3-10,19,24,28H,11-18H2,1-2H3. The van der Waals surface area contributed by atoms with Crippen LogP contribution in [-0.4, -0.2) is 30.5 Å². The smallest absolute Gasteiger partial charge is 0.226 e. The second-order valence-corrected chi connectivity index (χ2v) is 9.54. The minimum absolute atomic E-state index is 0.115. The molecule has 1 aliphatic heterocycles. The summed E-state index contributed by atoms with van der Waals surface area (Å²) in [6.07, 6.45) is 3.15. The highest BCUT2D eigenvalue weighted by Gasteiger charge is 2.58. The van der Waals surface area contributed by atoms with E-state index in [0.29, 0.717) is 25.6 Å². The Morgan fingerprint density at radius 3 is 2.23 bits per heavy atom. The summed E-state index contributed by atoms with van der Waals surface area (Å²) in [5, 5.41) is 3.40. The van der Waals surface area contributed by atoms with E-state index in [0.717, 1.165) is 49.2 Å². The maximum absolute atomic E-state index is 13.5. The van der Waals surface area contributed by atoms with Gasteiger partial charge in [0.1, 0.15) is 11.6 Å². The molecular formula is C26H33FN2O2. The van der Waals surface area contributed by atoms with Crippen molar-refractivity contribution in [3.05, 3.63) is 65.5 Å². The van der Waals surface area contributed by atoms with Gasteiger partial charge in [-0.2, -0.15) is 0 Å². The fourth-order valence-corrected chi connectivity index (χ4v) is 4.59. The van der Waals surface area contributed by atoms with Crippen LogP contribution in [0.4, 0.5) is 4.39 Å². The van der Waals surface area contributed by atoms with Gasteiger partial charge in [-0.15, -0.1) is 0 Å². The summed E-state index contributed by atoms with van der Waals surface area (Å²) in [5.74, 6) is 1.42. The Morgan fingerprint density at radius 2 is 1.65 bits per heavy atom. The van der Waals surface area contributed by atoms with E-state index in [1.807, 2.05) is 29.2 Å². The Bertz CT molecular complexity index is 873. The van der Waals surface area contributed by atoms with Crippen molar-refractivity contribution in [3.63, 3.8) is 0 Å². The lowest BCUT2D eigenvalue weighted by molar-refractivity contribution is -0.135. The molecule has 5 heteroatoms. The van der Waals surface area contributed by atoms with Crippen LogP contribution in [0.2, 0.25) is 0 Å². The van der Waals surface area contributed by atoms with E-state index in [2.05, 4.69) is 19.2 Å². The van der Waals surface area contributed by atoms with Crippen LogP contribution in [0.15, 0.2) is 48.5 Å². The van der Waals surface area contributed by atoms with E-state index < -0.39 is 0 Å². The van der Waals surface area contributed by atoms with Crippen LogP contribution in [0.3, 0.4) is 0 Å².